The van der Waals surface area contributed by atoms with Crippen molar-refractivity contribution in [3.63, 3.8) is 0 Å². The van der Waals surface area contributed by atoms with Crippen LogP contribution in [0.4, 0.5) is 0 Å². The van der Waals surface area contributed by atoms with Crippen LogP contribution < -0.4 is 5.32 Å². The number of carbonyl (C=O) groups is 3. The number of hydrogen-bond donors (Lipinski definition) is 1. The Morgan fingerprint density at radius 2 is 1.95 bits per heavy atom. The summed E-state index contributed by atoms with van der Waals surface area (Å²) in [5, 5.41) is 7.18. The highest BCUT2D eigenvalue weighted by Gasteiger charge is 2.52. The molecule has 14 nitrogen and oxygen atoms in total. The third-order valence-corrected chi connectivity index (χ3v) is 7.41. The number of esters is 2. The van der Waals surface area contributed by atoms with E-state index in [-0.39, 0.29) is 12.4 Å². The molecular formula is C23H28ClN4O10P. The fourth-order valence-corrected chi connectivity index (χ4v) is 5.72. The maximum Gasteiger partial charge on any atom is 0.475 e. The Morgan fingerprint density at radius 1 is 1.21 bits per heavy atom. The lowest BCUT2D eigenvalue weighted by atomic mass is 10.1. The van der Waals surface area contributed by atoms with Crippen LogP contribution in [0.15, 0.2) is 30.6 Å². The van der Waals surface area contributed by atoms with E-state index in [1.54, 1.807) is 31.2 Å². The summed E-state index contributed by atoms with van der Waals surface area (Å²) in [6, 6.07) is 6.93. The molecule has 0 saturated carbocycles. The molecule has 0 aliphatic carbocycles. The zero-order valence-corrected chi connectivity index (χ0v) is 23.0. The number of hydrogen-bond acceptors (Lipinski definition) is 12. The second kappa shape index (κ2) is 12.5. The van der Waals surface area contributed by atoms with Crippen molar-refractivity contribution in [2.45, 2.75) is 57.8 Å². The van der Waals surface area contributed by atoms with E-state index in [0.717, 1.165) is 0 Å². The summed E-state index contributed by atoms with van der Waals surface area (Å²) in [5.74, 6) is -2.04. The first-order chi connectivity index (χ1) is 18.6. The standard InChI is InChI=1S/C23H28ClN4O10P/c1-4-25-22(31)21-26-12-28(27-21)23-20(36-14(3)30)19(35-13(2)29)18(37-23)11-34-39(32)33-9-8-17(38-39)15-6-5-7-16(24)10-15/h5-7,10,12,17-20,23H,4,8-9,11H2,1-3H3,(H,25,31)/t17-,18+,19+,20+,23+,39+/m0/s1. The molecule has 2 aliphatic heterocycles. The number of phosphoric acid groups is 1. The van der Waals surface area contributed by atoms with Crippen molar-refractivity contribution in [1.82, 2.24) is 20.1 Å². The molecule has 3 heterocycles. The third-order valence-electron chi connectivity index (χ3n) is 5.70. The van der Waals surface area contributed by atoms with Gasteiger partial charge in [-0.3, -0.25) is 28.0 Å². The average Bonchev–Trinajstić information content (AvgIpc) is 3.48. The molecule has 16 heteroatoms. The Bertz CT molecular complexity index is 1260. The van der Waals surface area contributed by atoms with Crippen LogP contribution in [0, 0.1) is 0 Å². The Hall–Kier alpha value is -2.87. The molecule has 1 aromatic heterocycles. The van der Waals surface area contributed by atoms with Gasteiger partial charge in [-0.25, -0.2) is 14.2 Å². The number of amides is 1. The number of nitrogens with one attached hydrogen (secondary N) is 1. The van der Waals surface area contributed by atoms with Gasteiger partial charge in [-0.1, -0.05) is 23.7 Å². The molecule has 6 atom stereocenters. The normalized spacial score (nSPS) is 28.6. The lowest BCUT2D eigenvalue weighted by molar-refractivity contribution is -0.166. The molecule has 1 amide bonds. The average molecular weight is 587 g/mol. The van der Waals surface area contributed by atoms with Gasteiger partial charge in [-0.15, -0.1) is 5.10 Å². The monoisotopic (exact) mass is 586 g/mol. The quantitative estimate of drug-likeness (QED) is 0.337. The Kier molecular flexibility index (Phi) is 9.36. The molecular weight excluding hydrogens is 559 g/mol. The Labute approximate surface area is 228 Å². The van der Waals surface area contributed by atoms with Gasteiger partial charge in [0.1, 0.15) is 12.4 Å². The number of carbonyl (C=O) groups excluding carboxylic acids is 3. The highest BCUT2D eigenvalue weighted by molar-refractivity contribution is 7.48. The number of phosphoric ester groups is 1. The van der Waals surface area contributed by atoms with Crippen molar-refractivity contribution in [2.75, 3.05) is 19.8 Å². The molecule has 2 aliphatic rings. The largest absolute Gasteiger partial charge is 0.475 e. The van der Waals surface area contributed by atoms with E-state index in [4.69, 9.17) is 39.4 Å². The van der Waals surface area contributed by atoms with Gasteiger partial charge in [0.05, 0.1) is 19.3 Å². The molecule has 212 valence electrons. The minimum absolute atomic E-state index is 0.0909. The van der Waals surface area contributed by atoms with Crippen molar-refractivity contribution in [2.24, 2.45) is 0 Å². The first kappa shape index (κ1) is 29.1. The first-order valence-corrected chi connectivity index (χ1v) is 13.9. The van der Waals surface area contributed by atoms with E-state index in [1.165, 1.54) is 24.9 Å². The maximum absolute atomic E-state index is 13.3. The summed E-state index contributed by atoms with van der Waals surface area (Å²) >= 11 is 6.07. The molecule has 2 saturated heterocycles. The van der Waals surface area contributed by atoms with Gasteiger partial charge in [-0.2, -0.15) is 0 Å². The fraction of sp³-hybridized carbons (Fsp3) is 0.522. The summed E-state index contributed by atoms with van der Waals surface area (Å²) in [4.78, 5) is 39.9. The molecule has 39 heavy (non-hydrogen) atoms. The summed E-state index contributed by atoms with van der Waals surface area (Å²) in [6.07, 6.45) is -3.60. The fourth-order valence-electron chi connectivity index (χ4n) is 4.12. The summed E-state index contributed by atoms with van der Waals surface area (Å²) in [5.41, 5.74) is 0.702. The molecule has 1 N–H and O–H groups in total. The highest BCUT2D eigenvalue weighted by Crippen LogP contribution is 2.57. The van der Waals surface area contributed by atoms with Gasteiger partial charge < -0.3 is 19.5 Å². The Balaban J connectivity index is 1.53. The topological polar surface area (TPSA) is 166 Å². The van der Waals surface area contributed by atoms with Crippen molar-refractivity contribution in [3.05, 3.63) is 47.0 Å². The molecule has 1 aromatic carbocycles. The zero-order valence-electron chi connectivity index (χ0n) is 21.4. The predicted octanol–water partition coefficient (Wildman–Crippen LogP) is 2.74. The van der Waals surface area contributed by atoms with E-state index in [1.807, 2.05) is 0 Å². The van der Waals surface area contributed by atoms with E-state index < -0.39 is 62.9 Å². The van der Waals surface area contributed by atoms with Crippen LogP contribution in [0.3, 0.4) is 0 Å². The smallest absolute Gasteiger partial charge is 0.456 e. The van der Waals surface area contributed by atoms with Gasteiger partial charge in [-0.05, 0) is 24.6 Å². The third kappa shape index (κ3) is 7.21. The van der Waals surface area contributed by atoms with Gasteiger partial charge in [0.15, 0.2) is 18.4 Å². The minimum Gasteiger partial charge on any atom is -0.456 e. The number of ether oxygens (including phenoxy) is 3. The maximum atomic E-state index is 13.3. The van der Waals surface area contributed by atoms with E-state index in [0.29, 0.717) is 23.6 Å². The molecule has 2 fully saturated rings. The molecule has 2 aromatic rings. The van der Waals surface area contributed by atoms with E-state index >= 15 is 0 Å². The van der Waals surface area contributed by atoms with Crippen LogP contribution in [-0.4, -0.2) is 70.7 Å². The van der Waals surface area contributed by atoms with Gasteiger partial charge in [0.25, 0.3) is 5.91 Å². The lowest BCUT2D eigenvalue weighted by Gasteiger charge is -2.30. The number of aromatic nitrogens is 3. The number of benzene rings is 1. The molecule has 0 radical (unpaired) electrons. The first-order valence-electron chi connectivity index (χ1n) is 12.1. The molecule has 0 spiro atoms. The van der Waals surface area contributed by atoms with Gasteiger partial charge in [0, 0.05) is 31.8 Å². The van der Waals surface area contributed by atoms with Gasteiger partial charge >= 0.3 is 19.8 Å². The van der Waals surface area contributed by atoms with Crippen LogP contribution >= 0.6 is 19.4 Å². The van der Waals surface area contributed by atoms with E-state index in [2.05, 4.69) is 15.4 Å². The second-order valence-corrected chi connectivity index (χ2v) is 10.7. The summed E-state index contributed by atoms with van der Waals surface area (Å²) in [7, 11) is -4.08. The minimum atomic E-state index is -4.08. The van der Waals surface area contributed by atoms with Crippen LogP contribution in [-0.2, 0) is 41.9 Å². The number of nitrogens with zero attached hydrogens (tertiary/aromatic N) is 3. The van der Waals surface area contributed by atoms with Crippen LogP contribution in [0.1, 0.15) is 55.7 Å². The highest BCUT2D eigenvalue weighted by atomic mass is 35.5. The van der Waals surface area contributed by atoms with Crippen molar-refractivity contribution >= 4 is 37.3 Å². The Morgan fingerprint density at radius 3 is 2.64 bits per heavy atom. The van der Waals surface area contributed by atoms with Crippen molar-refractivity contribution in [3.8, 4) is 0 Å². The number of rotatable bonds is 9. The summed E-state index contributed by atoms with van der Waals surface area (Å²) < 4.78 is 47.9. The van der Waals surface area contributed by atoms with Crippen LogP contribution in [0.2, 0.25) is 5.02 Å². The van der Waals surface area contributed by atoms with E-state index in [9.17, 15) is 18.9 Å². The van der Waals surface area contributed by atoms with Crippen molar-refractivity contribution in [1.29, 1.82) is 0 Å². The molecule has 0 bridgehead atoms. The predicted molar refractivity (Wildman–Crippen MR) is 132 cm³/mol. The SMILES string of the molecule is CCNC(=O)c1ncn([C@@H]2O[C@H](CO[P@@]3(=O)OCC[C@@H](c4cccc(Cl)c4)O3)[C@@H](OC(C)=O)[C@H]2OC(C)=O)n1. The summed E-state index contributed by atoms with van der Waals surface area (Å²) in [6.45, 7) is 4.11. The number of halogens is 1. The molecule has 4 rings (SSSR count). The molecule has 0 unspecified atom stereocenters. The van der Waals surface area contributed by atoms with Gasteiger partial charge in [0.2, 0.25) is 5.82 Å². The lowest BCUT2D eigenvalue weighted by Crippen LogP contribution is -2.40. The zero-order chi connectivity index (χ0) is 28.2. The second-order valence-electron chi connectivity index (χ2n) is 8.63. The van der Waals surface area contributed by atoms with Crippen LogP contribution in [0.25, 0.3) is 0 Å². The van der Waals surface area contributed by atoms with Crippen LogP contribution in [0.5, 0.6) is 0 Å². The van der Waals surface area contributed by atoms with Crippen molar-refractivity contribution < 1.29 is 46.7 Å².